The van der Waals surface area contributed by atoms with Gasteiger partial charge in [0.2, 0.25) is 0 Å². The number of methoxy groups -OCH3 is 1. The molecular weight excluding hydrogens is 425 g/mol. The first-order valence-corrected chi connectivity index (χ1v) is 10.8. The zero-order chi connectivity index (χ0) is 23.9. The molecule has 0 saturated carbocycles. The van der Waals surface area contributed by atoms with E-state index in [9.17, 15) is 27.2 Å². The summed E-state index contributed by atoms with van der Waals surface area (Å²) in [5, 5.41) is 0. The molecule has 0 aromatic heterocycles. The first-order chi connectivity index (χ1) is 13.4. The smallest absolute Gasteiger partial charge is 0.420 e. The molecule has 0 rings (SSSR count). The highest BCUT2D eigenvalue weighted by atomic mass is 32.2. The van der Waals surface area contributed by atoms with Crippen LogP contribution in [-0.2, 0) is 33.3 Å². The maximum absolute atomic E-state index is 13.5. The Labute approximate surface area is 176 Å². The average molecular weight is 456 g/mol. The van der Waals surface area contributed by atoms with Gasteiger partial charge in [-0.3, -0.25) is 0 Å². The molecule has 0 aliphatic rings. The van der Waals surface area contributed by atoms with E-state index in [0.29, 0.717) is 11.2 Å². The van der Waals surface area contributed by atoms with Gasteiger partial charge in [-0.15, -0.1) is 0 Å². The molecule has 0 aromatic carbocycles. The number of imide groups is 1. The Morgan fingerprint density at radius 2 is 1.43 bits per heavy atom. The van der Waals surface area contributed by atoms with Crippen LogP contribution >= 0.6 is 0 Å². The Hall–Kier alpha value is -2.37. The maximum atomic E-state index is 13.5. The van der Waals surface area contributed by atoms with E-state index in [-0.39, 0.29) is 12.8 Å². The molecule has 10 nitrogen and oxygen atoms in total. The minimum absolute atomic E-state index is 0.275. The molecule has 2 amide bonds. The summed E-state index contributed by atoms with van der Waals surface area (Å²) < 4.78 is 54.5. The van der Waals surface area contributed by atoms with E-state index < -0.39 is 51.5 Å². The van der Waals surface area contributed by atoms with Crippen LogP contribution in [0.3, 0.4) is 0 Å². The van der Waals surface area contributed by atoms with Gasteiger partial charge in [0.15, 0.2) is 0 Å². The molecule has 12 heteroatoms. The van der Waals surface area contributed by atoms with Crippen molar-refractivity contribution >= 4 is 28.3 Å². The fourth-order valence-corrected chi connectivity index (χ4v) is 2.33. The summed E-state index contributed by atoms with van der Waals surface area (Å²) in [5.74, 6) is -0.982. The van der Waals surface area contributed by atoms with Crippen molar-refractivity contribution in [1.29, 1.82) is 0 Å². The quantitative estimate of drug-likeness (QED) is 0.246. The molecule has 0 spiro atoms. The van der Waals surface area contributed by atoms with Crippen molar-refractivity contribution in [3.63, 3.8) is 0 Å². The molecular formula is C18H30FNO9S. The first kappa shape index (κ1) is 27.6. The van der Waals surface area contributed by atoms with Crippen molar-refractivity contribution < 1.29 is 45.6 Å². The third-order valence-corrected chi connectivity index (χ3v) is 3.40. The molecule has 1 atom stereocenters. The molecule has 0 radical (unpaired) electrons. The van der Waals surface area contributed by atoms with Crippen LogP contribution in [0.5, 0.6) is 0 Å². The second-order valence-corrected chi connectivity index (χ2v) is 9.82. The Morgan fingerprint density at radius 1 is 1.00 bits per heavy atom. The number of ether oxygens (including phenoxy) is 3. The van der Waals surface area contributed by atoms with Crippen LogP contribution < -0.4 is 0 Å². The standard InChI is InChI=1S/C18H30FNO9S/c1-17(2,3)27-15(22)20(16(23)28-18(4,5)6)12(14(21)26-7)10-9-11-13(19)29-30(8,24)25/h11-12H,9-10H2,1-8H3/b13-11-/t12-/m0/s1. The lowest BCUT2D eigenvalue weighted by molar-refractivity contribution is -0.146. The Morgan fingerprint density at radius 3 is 1.77 bits per heavy atom. The van der Waals surface area contributed by atoms with Gasteiger partial charge in [-0.05, 0) is 60.5 Å². The van der Waals surface area contributed by atoms with Crippen LogP contribution in [0, 0.1) is 0 Å². The highest BCUT2D eigenvalue weighted by Crippen LogP contribution is 2.20. The summed E-state index contributed by atoms with van der Waals surface area (Å²) in [4.78, 5) is 38.0. The van der Waals surface area contributed by atoms with Crippen LogP contribution in [0.15, 0.2) is 12.1 Å². The molecule has 0 unspecified atom stereocenters. The van der Waals surface area contributed by atoms with Crippen molar-refractivity contribution in [1.82, 2.24) is 4.90 Å². The number of halogens is 1. The highest BCUT2D eigenvalue weighted by Gasteiger charge is 2.40. The third kappa shape index (κ3) is 11.6. The molecule has 0 saturated heterocycles. The van der Waals surface area contributed by atoms with Gasteiger partial charge in [-0.2, -0.15) is 17.7 Å². The number of hydrogen-bond acceptors (Lipinski definition) is 9. The number of amides is 2. The van der Waals surface area contributed by atoms with Crippen LogP contribution in [0.4, 0.5) is 14.0 Å². The normalized spacial score (nSPS) is 13.8. The second-order valence-electron chi connectivity index (χ2n) is 8.24. The van der Waals surface area contributed by atoms with Crippen LogP contribution in [0.2, 0.25) is 0 Å². The van der Waals surface area contributed by atoms with Crippen molar-refractivity contribution in [3.05, 3.63) is 12.1 Å². The fraction of sp³-hybridized carbons (Fsp3) is 0.722. The summed E-state index contributed by atoms with van der Waals surface area (Å²) in [6.07, 6.45) is -1.51. The van der Waals surface area contributed by atoms with Gasteiger partial charge in [0, 0.05) is 0 Å². The minimum atomic E-state index is -4.07. The van der Waals surface area contributed by atoms with Crippen molar-refractivity contribution in [2.45, 2.75) is 71.6 Å². The largest absolute Gasteiger partial charge is 0.467 e. The van der Waals surface area contributed by atoms with Gasteiger partial charge in [0.1, 0.15) is 17.2 Å². The molecule has 0 aliphatic carbocycles. The van der Waals surface area contributed by atoms with E-state index in [1.54, 1.807) is 41.5 Å². The molecule has 0 bridgehead atoms. The lowest BCUT2D eigenvalue weighted by Gasteiger charge is -2.32. The van der Waals surface area contributed by atoms with Gasteiger partial charge in [-0.1, -0.05) is 0 Å². The molecule has 174 valence electrons. The number of allylic oxidation sites excluding steroid dienone is 1. The predicted octanol–water partition coefficient (Wildman–Crippen LogP) is 3.27. The van der Waals surface area contributed by atoms with E-state index in [0.717, 1.165) is 13.2 Å². The zero-order valence-corrected chi connectivity index (χ0v) is 19.3. The van der Waals surface area contributed by atoms with E-state index in [1.807, 2.05) is 0 Å². The van der Waals surface area contributed by atoms with Gasteiger partial charge >= 0.3 is 28.3 Å². The van der Waals surface area contributed by atoms with Crippen molar-refractivity contribution in [3.8, 4) is 0 Å². The van der Waals surface area contributed by atoms with E-state index in [4.69, 9.17) is 9.47 Å². The Balaban J connectivity index is 5.83. The summed E-state index contributed by atoms with van der Waals surface area (Å²) >= 11 is 0. The topological polar surface area (TPSA) is 126 Å². The summed E-state index contributed by atoms with van der Waals surface area (Å²) in [7, 11) is -3.03. The minimum Gasteiger partial charge on any atom is -0.467 e. The number of esters is 1. The predicted molar refractivity (Wildman–Crippen MR) is 104 cm³/mol. The van der Waals surface area contributed by atoms with Gasteiger partial charge < -0.3 is 18.4 Å². The van der Waals surface area contributed by atoms with Gasteiger partial charge in [-0.25, -0.2) is 14.4 Å². The number of nitrogens with zero attached hydrogens (tertiary/aromatic N) is 1. The molecule has 30 heavy (non-hydrogen) atoms. The number of carbonyl (C=O) groups excluding carboxylic acids is 3. The van der Waals surface area contributed by atoms with Crippen LogP contribution in [-0.4, -0.2) is 62.1 Å². The van der Waals surface area contributed by atoms with Crippen LogP contribution in [0.25, 0.3) is 0 Å². The lowest BCUT2D eigenvalue weighted by Crippen LogP contribution is -2.52. The molecule has 0 aromatic rings. The monoisotopic (exact) mass is 455 g/mol. The first-order valence-electron chi connectivity index (χ1n) is 8.94. The molecule has 0 fully saturated rings. The lowest BCUT2D eigenvalue weighted by atomic mass is 10.1. The van der Waals surface area contributed by atoms with Crippen LogP contribution in [0.1, 0.15) is 54.4 Å². The van der Waals surface area contributed by atoms with Gasteiger partial charge in [0.25, 0.3) is 6.01 Å². The van der Waals surface area contributed by atoms with Gasteiger partial charge in [0.05, 0.1) is 13.4 Å². The molecule has 0 heterocycles. The fourth-order valence-electron chi connectivity index (χ4n) is 1.97. The van der Waals surface area contributed by atoms with E-state index in [1.165, 1.54) is 0 Å². The highest BCUT2D eigenvalue weighted by molar-refractivity contribution is 7.86. The average Bonchev–Trinajstić information content (AvgIpc) is 2.47. The number of carbonyl (C=O) groups is 3. The second kappa shape index (κ2) is 10.6. The summed E-state index contributed by atoms with van der Waals surface area (Å²) in [6.45, 7) is 9.37. The van der Waals surface area contributed by atoms with E-state index >= 15 is 0 Å². The SMILES string of the molecule is COC(=O)[C@H](CC/C=C(/F)OS(C)(=O)=O)N(C(=O)OC(C)(C)C)C(=O)OC(C)(C)C. The Bertz CT molecular complexity index is 736. The molecule has 0 N–H and O–H groups in total. The molecule has 0 aliphatic heterocycles. The maximum Gasteiger partial charge on any atom is 0.420 e. The third-order valence-electron chi connectivity index (χ3n) is 2.94. The van der Waals surface area contributed by atoms with E-state index in [2.05, 4.69) is 8.92 Å². The van der Waals surface area contributed by atoms with Crippen molar-refractivity contribution in [2.75, 3.05) is 13.4 Å². The summed E-state index contributed by atoms with van der Waals surface area (Å²) in [5.41, 5.74) is -1.99. The zero-order valence-electron chi connectivity index (χ0n) is 18.5. The van der Waals surface area contributed by atoms with Crippen molar-refractivity contribution in [2.24, 2.45) is 0 Å². The number of hydrogen-bond donors (Lipinski definition) is 0. The summed E-state index contributed by atoms with van der Waals surface area (Å²) in [6, 6.07) is -2.94. The Kier molecular flexibility index (Phi) is 9.76. The number of rotatable bonds is 7.